The van der Waals surface area contributed by atoms with Gasteiger partial charge in [-0.3, -0.25) is 4.79 Å². The molecule has 4 heteroatoms. The first-order valence-corrected chi connectivity index (χ1v) is 15.6. The van der Waals surface area contributed by atoms with Crippen LogP contribution < -0.4 is 5.32 Å². The van der Waals surface area contributed by atoms with E-state index in [1.165, 1.54) is 70.6 Å². The molecule has 4 aliphatic carbocycles. The first kappa shape index (κ1) is 30.7. The summed E-state index contributed by atoms with van der Waals surface area (Å²) in [5, 5.41) is 3.23. The van der Waals surface area contributed by atoms with Crippen LogP contribution in [-0.2, 0) is 4.79 Å². The average molecular weight is 615 g/mol. The minimum atomic E-state index is 0. The predicted octanol–water partition coefficient (Wildman–Crippen LogP) is 8.16. The van der Waals surface area contributed by atoms with Crippen LogP contribution in [0.4, 0.5) is 0 Å². The van der Waals surface area contributed by atoms with Gasteiger partial charge in [0.15, 0.2) is 0 Å². The monoisotopic (exact) mass is 614 g/mol. The average Bonchev–Trinajstić information content (AvgIpc) is 3.18. The second-order valence-electron chi connectivity index (χ2n) is 14.5. The van der Waals surface area contributed by atoms with Gasteiger partial charge in [-0.05, 0) is 144 Å². The van der Waals surface area contributed by atoms with Gasteiger partial charge in [0.05, 0.1) is 0 Å². The fourth-order valence-corrected chi connectivity index (χ4v) is 10.00. The molecule has 4 aliphatic rings. The predicted molar refractivity (Wildman–Crippen MR) is 164 cm³/mol. The zero-order valence-electron chi connectivity index (χ0n) is 24.6. The van der Waals surface area contributed by atoms with E-state index in [2.05, 4.69) is 52.0 Å². The Labute approximate surface area is 241 Å². The summed E-state index contributed by atoms with van der Waals surface area (Å²) in [5.41, 5.74) is 1.17. The van der Waals surface area contributed by atoms with Crippen molar-refractivity contribution in [1.82, 2.24) is 10.2 Å². The molecule has 0 aromatic heterocycles. The van der Waals surface area contributed by atoms with Gasteiger partial charge in [-0.15, -0.1) is 24.0 Å². The molecule has 0 saturated heterocycles. The Kier molecular flexibility index (Phi) is 11.1. The third-order valence-electron chi connectivity index (χ3n) is 12.2. The maximum absolute atomic E-state index is 12.6. The Hall–Kier alpha value is 0.160. The zero-order valence-corrected chi connectivity index (χ0v) is 26.9. The van der Waals surface area contributed by atoms with Crippen molar-refractivity contribution in [3.8, 4) is 0 Å². The van der Waals surface area contributed by atoms with E-state index in [9.17, 15) is 4.79 Å². The summed E-state index contributed by atoms with van der Waals surface area (Å²) in [7, 11) is 4.27. The van der Waals surface area contributed by atoms with E-state index in [4.69, 9.17) is 0 Å². The number of carbonyl (C=O) groups excluding carboxylic acids is 1. The van der Waals surface area contributed by atoms with Crippen molar-refractivity contribution in [2.75, 3.05) is 27.2 Å². The molecular formula is C32H59IN2O. The highest BCUT2D eigenvalue weighted by Crippen LogP contribution is 2.68. The van der Waals surface area contributed by atoms with Crippen LogP contribution in [0.3, 0.4) is 0 Å². The maximum Gasteiger partial charge on any atom is 0.220 e. The number of rotatable bonds is 10. The van der Waals surface area contributed by atoms with E-state index < -0.39 is 0 Å². The molecule has 0 aromatic rings. The Morgan fingerprint density at radius 3 is 2.39 bits per heavy atom. The summed E-state index contributed by atoms with van der Waals surface area (Å²) in [6.45, 7) is 12.1. The van der Waals surface area contributed by atoms with Crippen molar-refractivity contribution >= 4 is 29.9 Å². The molecule has 1 amide bonds. The highest BCUT2D eigenvalue weighted by Gasteiger charge is 2.60. The van der Waals surface area contributed by atoms with Gasteiger partial charge in [0.2, 0.25) is 5.91 Å². The normalized spacial score (nSPS) is 39.4. The van der Waals surface area contributed by atoms with E-state index in [1.54, 1.807) is 0 Å². The first-order chi connectivity index (χ1) is 16.6. The lowest BCUT2D eigenvalue weighted by molar-refractivity contribution is -0.122. The molecule has 0 heterocycles. The molecule has 4 rings (SSSR count). The highest BCUT2D eigenvalue weighted by molar-refractivity contribution is 14.0. The van der Waals surface area contributed by atoms with Crippen LogP contribution in [0.1, 0.15) is 118 Å². The molecule has 4 saturated carbocycles. The summed E-state index contributed by atoms with van der Waals surface area (Å²) < 4.78 is 0. The fraction of sp³-hybridized carbons (Fsp3) is 0.969. The van der Waals surface area contributed by atoms with Gasteiger partial charge in [-0.1, -0.05) is 40.5 Å². The molecule has 0 aromatic carbocycles. The van der Waals surface area contributed by atoms with Crippen LogP contribution in [0.25, 0.3) is 0 Å². The third-order valence-corrected chi connectivity index (χ3v) is 12.2. The molecule has 0 radical (unpaired) electrons. The molecule has 0 bridgehead atoms. The SMILES string of the molecule is CC(CCNC(=O)CC[C@@H](C)[C@H]1CC[C@H]2[C@@H]3CCC4CCCC[C@]4(C)[C@H]3CC[C@]12C)CCN(C)C.I. The Morgan fingerprint density at radius 2 is 1.64 bits per heavy atom. The zero-order chi connectivity index (χ0) is 25.2. The molecule has 3 nitrogen and oxygen atoms in total. The molecule has 2 unspecified atom stereocenters. The van der Waals surface area contributed by atoms with E-state index in [0.717, 1.165) is 61.9 Å². The number of hydrogen-bond acceptors (Lipinski definition) is 2. The molecule has 210 valence electrons. The molecule has 9 atom stereocenters. The summed E-state index contributed by atoms with van der Waals surface area (Å²) in [5.74, 6) is 6.41. The van der Waals surface area contributed by atoms with Crippen LogP contribution in [0.5, 0.6) is 0 Å². The first-order valence-electron chi connectivity index (χ1n) is 15.6. The number of amides is 1. The fourth-order valence-electron chi connectivity index (χ4n) is 10.00. The number of nitrogens with zero attached hydrogens (tertiary/aromatic N) is 1. The van der Waals surface area contributed by atoms with E-state index in [1.807, 2.05) is 0 Å². The van der Waals surface area contributed by atoms with Crippen LogP contribution in [0, 0.1) is 52.3 Å². The number of fused-ring (bicyclic) bond motifs is 5. The van der Waals surface area contributed by atoms with Crippen LogP contribution >= 0.6 is 24.0 Å². The second kappa shape index (κ2) is 13.0. The van der Waals surface area contributed by atoms with Crippen LogP contribution in [0.15, 0.2) is 0 Å². The second-order valence-corrected chi connectivity index (χ2v) is 14.5. The highest BCUT2D eigenvalue weighted by atomic mass is 127. The van der Waals surface area contributed by atoms with E-state index in [0.29, 0.717) is 22.7 Å². The standard InChI is InChI=1S/C32H58N2O.HI/c1-23(18-22-34(5)6)17-21-33-30(35)15-10-24(2)27-13-14-28-26-12-11-25-9-7-8-19-31(25,3)29(26)16-20-32(27,28)4;/h23-29H,7-22H2,1-6H3,(H,33,35);1H/t23?,24-,25?,26+,27-,28+,29+,31+,32-;/m1./s1. The van der Waals surface area contributed by atoms with Crippen LogP contribution in [0.2, 0.25) is 0 Å². The summed E-state index contributed by atoms with van der Waals surface area (Å²) >= 11 is 0. The van der Waals surface area contributed by atoms with Crippen molar-refractivity contribution in [1.29, 1.82) is 0 Å². The Balaban J connectivity index is 0.00000361. The van der Waals surface area contributed by atoms with Gasteiger partial charge in [0, 0.05) is 13.0 Å². The van der Waals surface area contributed by atoms with Crippen molar-refractivity contribution in [2.45, 2.75) is 118 Å². The number of hydrogen-bond donors (Lipinski definition) is 1. The molecule has 4 fully saturated rings. The molecule has 1 N–H and O–H groups in total. The summed E-state index contributed by atoms with van der Waals surface area (Å²) in [4.78, 5) is 14.9. The van der Waals surface area contributed by atoms with Gasteiger partial charge in [-0.25, -0.2) is 0 Å². The lowest BCUT2D eigenvalue weighted by Crippen LogP contribution is -2.53. The Bertz CT molecular complexity index is 712. The molecule has 0 aliphatic heterocycles. The van der Waals surface area contributed by atoms with Gasteiger partial charge in [-0.2, -0.15) is 0 Å². The van der Waals surface area contributed by atoms with Crippen molar-refractivity contribution < 1.29 is 4.79 Å². The van der Waals surface area contributed by atoms with Gasteiger partial charge >= 0.3 is 0 Å². The molecular weight excluding hydrogens is 555 g/mol. The molecule has 0 spiro atoms. The minimum Gasteiger partial charge on any atom is -0.356 e. The van der Waals surface area contributed by atoms with Crippen molar-refractivity contribution in [2.24, 2.45) is 52.3 Å². The van der Waals surface area contributed by atoms with E-state index >= 15 is 0 Å². The lowest BCUT2D eigenvalue weighted by atomic mass is 9.44. The van der Waals surface area contributed by atoms with Gasteiger partial charge in [0.25, 0.3) is 0 Å². The van der Waals surface area contributed by atoms with E-state index in [-0.39, 0.29) is 29.9 Å². The summed E-state index contributed by atoms with van der Waals surface area (Å²) in [6.07, 6.45) is 18.9. The topological polar surface area (TPSA) is 32.3 Å². The number of nitrogens with one attached hydrogen (secondary N) is 1. The minimum absolute atomic E-state index is 0. The largest absolute Gasteiger partial charge is 0.356 e. The maximum atomic E-state index is 12.6. The van der Waals surface area contributed by atoms with Crippen LogP contribution in [-0.4, -0.2) is 38.0 Å². The number of halogens is 1. The lowest BCUT2D eigenvalue weighted by Gasteiger charge is -2.61. The van der Waals surface area contributed by atoms with Crippen molar-refractivity contribution in [3.05, 3.63) is 0 Å². The van der Waals surface area contributed by atoms with Gasteiger partial charge in [0.1, 0.15) is 0 Å². The smallest absolute Gasteiger partial charge is 0.220 e. The Morgan fingerprint density at radius 1 is 0.889 bits per heavy atom. The summed E-state index contributed by atoms with van der Waals surface area (Å²) in [6, 6.07) is 0. The molecule has 36 heavy (non-hydrogen) atoms. The van der Waals surface area contributed by atoms with Gasteiger partial charge < -0.3 is 10.2 Å². The third kappa shape index (κ3) is 6.48. The van der Waals surface area contributed by atoms with Crippen molar-refractivity contribution in [3.63, 3.8) is 0 Å². The number of carbonyl (C=O) groups is 1. The quantitative estimate of drug-likeness (QED) is 0.252.